The molecule has 3 rings (SSSR count). The molecule has 1 aliphatic rings. The van der Waals surface area contributed by atoms with E-state index in [0.717, 1.165) is 11.4 Å². The van der Waals surface area contributed by atoms with Crippen LogP contribution in [0.5, 0.6) is 0 Å². The van der Waals surface area contributed by atoms with Crippen molar-refractivity contribution in [1.29, 1.82) is 0 Å². The third-order valence-corrected chi connectivity index (χ3v) is 3.78. The molecule has 1 atom stereocenters. The van der Waals surface area contributed by atoms with E-state index in [1.807, 2.05) is 0 Å². The van der Waals surface area contributed by atoms with E-state index in [9.17, 15) is 4.79 Å². The predicted octanol–water partition coefficient (Wildman–Crippen LogP) is 2.37. The summed E-state index contributed by atoms with van der Waals surface area (Å²) in [5.74, 6) is -0.136. The van der Waals surface area contributed by atoms with Crippen molar-refractivity contribution in [2.75, 3.05) is 5.32 Å². The van der Waals surface area contributed by atoms with Crippen LogP contribution in [0.3, 0.4) is 0 Å². The highest BCUT2D eigenvalue weighted by atomic mass is 35.5. The highest BCUT2D eigenvalue weighted by Crippen LogP contribution is 2.25. The van der Waals surface area contributed by atoms with E-state index < -0.39 is 0 Å². The van der Waals surface area contributed by atoms with Gasteiger partial charge in [-0.15, -0.1) is 0 Å². The molecule has 0 saturated carbocycles. The number of aromatic nitrogens is 2. The second-order valence-electron chi connectivity index (χ2n) is 4.58. The van der Waals surface area contributed by atoms with Crippen LogP contribution in [0.2, 0.25) is 10.0 Å². The molecule has 0 bridgehead atoms. The minimum Gasteiger partial charge on any atom is -0.347 e. The van der Waals surface area contributed by atoms with Crippen LogP contribution in [0.25, 0.3) is 0 Å². The standard InChI is InChI=1S/C13H12Cl2N4O/c14-7-1-2-9(8(15)3-7)19-13(20)11-4-10-12(5-16-11)18-6-17-10/h1-3,6,11,16H,4-5H2,(H,17,18)(H,19,20). The van der Waals surface area contributed by atoms with Gasteiger partial charge in [-0.1, -0.05) is 23.2 Å². The summed E-state index contributed by atoms with van der Waals surface area (Å²) in [6, 6.07) is 4.64. The minimum atomic E-state index is -0.322. The number of benzene rings is 1. The van der Waals surface area contributed by atoms with Crippen molar-refractivity contribution in [3.8, 4) is 0 Å². The molecule has 1 unspecified atom stereocenters. The number of halogens is 2. The summed E-state index contributed by atoms with van der Waals surface area (Å²) in [5.41, 5.74) is 2.50. The molecule has 0 fully saturated rings. The van der Waals surface area contributed by atoms with Crippen LogP contribution in [0.4, 0.5) is 5.69 Å². The summed E-state index contributed by atoms with van der Waals surface area (Å²) in [6.07, 6.45) is 2.19. The lowest BCUT2D eigenvalue weighted by Crippen LogP contribution is -2.44. The highest BCUT2D eigenvalue weighted by molar-refractivity contribution is 6.36. The number of H-pyrrole nitrogens is 1. The third-order valence-electron chi connectivity index (χ3n) is 3.24. The first kappa shape index (κ1) is 13.4. The Balaban J connectivity index is 1.71. The van der Waals surface area contributed by atoms with Gasteiger partial charge in [0.2, 0.25) is 5.91 Å². The maximum Gasteiger partial charge on any atom is 0.241 e. The van der Waals surface area contributed by atoms with Gasteiger partial charge in [0.25, 0.3) is 0 Å². The molecule has 0 spiro atoms. The van der Waals surface area contributed by atoms with Crippen molar-refractivity contribution in [2.24, 2.45) is 0 Å². The summed E-state index contributed by atoms with van der Waals surface area (Å²) >= 11 is 11.9. The van der Waals surface area contributed by atoms with E-state index in [1.165, 1.54) is 0 Å². The van der Waals surface area contributed by atoms with Crippen molar-refractivity contribution in [2.45, 2.75) is 19.0 Å². The SMILES string of the molecule is O=C(Nc1ccc(Cl)cc1Cl)C1Cc2nc[nH]c2CN1. The molecule has 5 nitrogen and oxygen atoms in total. The molecule has 1 aliphatic heterocycles. The fraction of sp³-hybridized carbons (Fsp3) is 0.231. The first-order chi connectivity index (χ1) is 9.63. The summed E-state index contributed by atoms with van der Waals surface area (Å²) in [5, 5.41) is 6.91. The van der Waals surface area contributed by atoms with Gasteiger partial charge in [0, 0.05) is 18.0 Å². The molecule has 0 saturated heterocycles. The molecule has 2 heterocycles. The van der Waals surface area contributed by atoms with Crippen molar-refractivity contribution in [1.82, 2.24) is 15.3 Å². The summed E-state index contributed by atoms with van der Waals surface area (Å²) in [6.45, 7) is 0.599. The average molecular weight is 311 g/mol. The number of carbonyl (C=O) groups is 1. The van der Waals surface area contributed by atoms with Gasteiger partial charge in [0.05, 0.1) is 34.5 Å². The summed E-state index contributed by atoms with van der Waals surface area (Å²) in [7, 11) is 0. The highest BCUT2D eigenvalue weighted by Gasteiger charge is 2.26. The van der Waals surface area contributed by atoms with Crippen LogP contribution in [0.15, 0.2) is 24.5 Å². The largest absolute Gasteiger partial charge is 0.347 e. The number of nitrogens with zero attached hydrogens (tertiary/aromatic N) is 1. The fourth-order valence-electron chi connectivity index (χ4n) is 2.17. The molecule has 7 heteroatoms. The molecule has 0 aliphatic carbocycles. The first-order valence-electron chi connectivity index (χ1n) is 6.14. The van der Waals surface area contributed by atoms with Crippen LogP contribution in [0.1, 0.15) is 11.4 Å². The zero-order valence-electron chi connectivity index (χ0n) is 10.4. The average Bonchev–Trinajstić information content (AvgIpc) is 2.89. The van der Waals surface area contributed by atoms with E-state index in [4.69, 9.17) is 23.2 Å². The lowest BCUT2D eigenvalue weighted by atomic mass is 10.0. The molecular weight excluding hydrogens is 299 g/mol. The number of hydrogen-bond donors (Lipinski definition) is 3. The maximum absolute atomic E-state index is 12.2. The van der Waals surface area contributed by atoms with Gasteiger partial charge < -0.3 is 10.3 Å². The zero-order chi connectivity index (χ0) is 14.1. The Morgan fingerprint density at radius 1 is 1.40 bits per heavy atom. The van der Waals surface area contributed by atoms with Gasteiger partial charge in [-0.2, -0.15) is 0 Å². The minimum absolute atomic E-state index is 0.136. The van der Waals surface area contributed by atoms with Crippen LogP contribution in [-0.4, -0.2) is 21.9 Å². The van der Waals surface area contributed by atoms with E-state index >= 15 is 0 Å². The second-order valence-corrected chi connectivity index (χ2v) is 5.42. The van der Waals surface area contributed by atoms with Crippen molar-refractivity contribution >= 4 is 34.8 Å². The van der Waals surface area contributed by atoms with Crippen LogP contribution >= 0.6 is 23.2 Å². The molecule has 1 aromatic carbocycles. The Bertz CT molecular complexity index is 656. The predicted molar refractivity (Wildman–Crippen MR) is 78.0 cm³/mol. The van der Waals surface area contributed by atoms with E-state index in [2.05, 4.69) is 20.6 Å². The second kappa shape index (κ2) is 5.44. The first-order valence-corrected chi connectivity index (χ1v) is 6.89. The summed E-state index contributed by atoms with van der Waals surface area (Å²) in [4.78, 5) is 19.5. The molecule has 3 N–H and O–H groups in total. The van der Waals surface area contributed by atoms with Crippen LogP contribution in [0, 0.1) is 0 Å². The fourth-order valence-corrected chi connectivity index (χ4v) is 2.62. The van der Waals surface area contributed by atoms with Gasteiger partial charge in [0.1, 0.15) is 0 Å². The lowest BCUT2D eigenvalue weighted by Gasteiger charge is -2.22. The number of fused-ring (bicyclic) bond motifs is 1. The quantitative estimate of drug-likeness (QED) is 0.797. The van der Waals surface area contributed by atoms with Crippen molar-refractivity contribution in [3.05, 3.63) is 46.0 Å². The van der Waals surface area contributed by atoms with Gasteiger partial charge in [-0.3, -0.25) is 10.1 Å². The van der Waals surface area contributed by atoms with Crippen molar-refractivity contribution < 1.29 is 4.79 Å². The number of anilines is 1. The van der Waals surface area contributed by atoms with E-state index in [0.29, 0.717) is 28.7 Å². The normalized spacial score (nSPS) is 17.6. The molecule has 2 aromatic rings. The Kier molecular flexibility index (Phi) is 3.65. The van der Waals surface area contributed by atoms with Gasteiger partial charge >= 0.3 is 0 Å². The summed E-state index contributed by atoms with van der Waals surface area (Å²) < 4.78 is 0. The molecule has 1 amide bonds. The Morgan fingerprint density at radius 3 is 3.05 bits per heavy atom. The van der Waals surface area contributed by atoms with Gasteiger partial charge in [-0.05, 0) is 18.2 Å². The monoisotopic (exact) mass is 310 g/mol. The van der Waals surface area contributed by atoms with Crippen molar-refractivity contribution in [3.63, 3.8) is 0 Å². The Labute approximate surface area is 125 Å². The number of carbonyl (C=O) groups excluding carboxylic acids is 1. The lowest BCUT2D eigenvalue weighted by molar-refractivity contribution is -0.118. The number of nitrogens with one attached hydrogen (secondary N) is 3. The number of hydrogen-bond acceptors (Lipinski definition) is 3. The molecule has 104 valence electrons. The van der Waals surface area contributed by atoms with E-state index in [-0.39, 0.29) is 11.9 Å². The smallest absolute Gasteiger partial charge is 0.241 e. The molecule has 0 radical (unpaired) electrons. The maximum atomic E-state index is 12.2. The number of imidazole rings is 1. The zero-order valence-corrected chi connectivity index (χ0v) is 11.9. The topological polar surface area (TPSA) is 69.8 Å². The van der Waals surface area contributed by atoms with Crippen LogP contribution in [-0.2, 0) is 17.8 Å². The number of aromatic amines is 1. The van der Waals surface area contributed by atoms with Gasteiger partial charge in [-0.25, -0.2) is 4.98 Å². The molecule has 20 heavy (non-hydrogen) atoms. The number of amides is 1. The third kappa shape index (κ3) is 2.65. The molecule has 1 aromatic heterocycles. The van der Waals surface area contributed by atoms with Crippen LogP contribution < -0.4 is 10.6 Å². The van der Waals surface area contributed by atoms with Gasteiger partial charge in [0.15, 0.2) is 0 Å². The Morgan fingerprint density at radius 2 is 2.25 bits per heavy atom. The number of rotatable bonds is 2. The van der Waals surface area contributed by atoms with E-state index in [1.54, 1.807) is 24.5 Å². The molecular formula is C13H12Cl2N4O. The Hall–Kier alpha value is -1.56.